The Morgan fingerprint density at radius 1 is 1.50 bits per heavy atom. The molecule has 3 nitrogen and oxygen atoms in total. The van der Waals surface area contributed by atoms with E-state index >= 15 is 0 Å². The minimum atomic E-state index is -0.0735. The van der Waals surface area contributed by atoms with Gasteiger partial charge in [0.05, 0.1) is 6.61 Å². The lowest BCUT2D eigenvalue weighted by molar-refractivity contribution is -0.143. The van der Waals surface area contributed by atoms with Crippen LogP contribution in [0.4, 0.5) is 0 Å². The average molecular weight is 243 g/mol. The monoisotopic (exact) mass is 243 g/mol. The van der Waals surface area contributed by atoms with Gasteiger partial charge in [0, 0.05) is 17.9 Å². The number of thioether (sulfide) groups is 1. The molecule has 92 valence electrons. The maximum atomic E-state index is 11.1. The van der Waals surface area contributed by atoms with E-state index in [1.54, 1.807) is 0 Å². The summed E-state index contributed by atoms with van der Waals surface area (Å²) in [6.45, 7) is 6.59. The Labute approximate surface area is 102 Å². The van der Waals surface area contributed by atoms with E-state index < -0.39 is 0 Å². The Kier molecular flexibility index (Phi) is 5.32. The van der Waals surface area contributed by atoms with Gasteiger partial charge in [0.15, 0.2) is 0 Å². The van der Waals surface area contributed by atoms with Crippen LogP contribution in [0.15, 0.2) is 4.99 Å². The number of ether oxygens (including phenoxy) is 1. The van der Waals surface area contributed by atoms with Crippen molar-refractivity contribution in [1.29, 1.82) is 0 Å². The van der Waals surface area contributed by atoms with Crippen LogP contribution in [0.5, 0.6) is 0 Å². The summed E-state index contributed by atoms with van der Waals surface area (Å²) in [6, 6.07) is 0. The zero-order valence-corrected chi connectivity index (χ0v) is 11.2. The summed E-state index contributed by atoms with van der Waals surface area (Å²) in [5.74, 6) is -0.0735. The average Bonchev–Trinajstić information content (AvgIpc) is 2.54. The molecule has 1 heterocycles. The molecule has 4 heteroatoms. The number of esters is 1. The lowest BCUT2D eigenvalue weighted by Gasteiger charge is -2.14. The highest BCUT2D eigenvalue weighted by Gasteiger charge is 2.26. The Balaban J connectivity index is 2.05. The van der Waals surface area contributed by atoms with Gasteiger partial charge in [-0.25, -0.2) is 0 Å². The minimum absolute atomic E-state index is 0.0474. The van der Waals surface area contributed by atoms with E-state index in [0.29, 0.717) is 18.3 Å². The van der Waals surface area contributed by atoms with E-state index in [9.17, 15) is 4.79 Å². The van der Waals surface area contributed by atoms with Crippen molar-refractivity contribution in [3.8, 4) is 0 Å². The second kappa shape index (κ2) is 6.28. The quantitative estimate of drug-likeness (QED) is 0.531. The molecule has 0 aromatic rings. The first-order valence-corrected chi connectivity index (χ1v) is 6.80. The van der Waals surface area contributed by atoms with Crippen LogP contribution in [0.1, 0.15) is 46.5 Å². The highest BCUT2D eigenvalue weighted by atomic mass is 32.2. The van der Waals surface area contributed by atoms with E-state index in [4.69, 9.17) is 4.74 Å². The Hall–Kier alpha value is -0.510. The molecule has 1 aliphatic rings. The van der Waals surface area contributed by atoms with Gasteiger partial charge in [-0.3, -0.25) is 9.79 Å². The second-order valence-corrected chi connectivity index (χ2v) is 6.27. The lowest BCUT2D eigenvalue weighted by Crippen LogP contribution is -2.09. The maximum Gasteiger partial charge on any atom is 0.305 e. The molecular weight excluding hydrogens is 222 g/mol. The Morgan fingerprint density at radius 3 is 2.81 bits per heavy atom. The van der Waals surface area contributed by atoms with Crippen LogP contribution in [-0.4, -0.2) is 28.9 Å². The minimum Gasteiger partial charge on any atom is -0.466 e. The first kappa shape index (κ1) is 13.6. The van der Waals surface area contributed by atoms with Crippen molar-refractivity contribution in [2.75, 3.05) is 6.61 Å². The van der Waals surface area contributed by atoms with Crippen LogP contribution >= 0.6 is 11.8 Å². The van der Waals surface area contributed by atoms with Crippen molar-refractivity contribution >= 4 is 23.9 Å². The van der Waals surface area contributed by atoms with Gasteiger partial charge < -0.3 is 4.74 Å². The largest absolute Gasteiger partial charge is 0.466 e. The lowest BCUT2D eigenvalue weighted by atomic mass is 10.1. The molecule has 1 unspecified atom stereocenters. The van der Waals surface area contributed by atoms with Gasteiger partial charge in [-0.2, -0.15) is 0 Å². The van der Waals surface area contributed by atoms with Crippen LogP contribution in [-0.2, 0) is 9.53 Å². The second-order valence-electron chi connectivity index (χ2n) is 4.43. The molecule has 1 aliphatic heterocycles. The topological polar surface area (TPSA) is 38.7 Å². The van der Waals surface area contributed by atoms with E-state index in [0.717, 1.165) is 19.3 Å². The number of carbonyl (C=O) groups excluding carboxylic acids is 1. The summed E-state index contributed by atoms with van der Waals surface area (Å²) >= 11 is 1.90. The van der Waals surface area contributed by atoms with Crippen molar-refractivity contribution in [2.45, 2.75) is 56.6 Å². The SMILES string of the molecule is CCOC(=O)CCCCC1C=NC(C)(C)S1. The molecule has 1 rings (SSSR count). The van der Waals surface area contributed by atoms with Crippen LogP contribution in [0.2, 0.25) is 0 Å². The number of nitrogens with zero attached hydrogens (tertiary/aromatic N) is 1. The van der Waals surface area contributed by atoms with Crippen LogP contribution in [0, 0.1) is 0 Å². The van der Waals surface area contributed by atoms with Crippen molar-refractivity contribution in [1.82, 2.24) is 0 Å². The number of rotatable bonds is 6. The summed E-state index contributed by atoms with van der Waals surface area (Å²) < 4.78 is 4.88. The van der Waals surface area contributed by atoms with Crippen LogP contribution < -0.4 is 0 Å². The molecule has 0 aromatic carbocycles. The third-order valence-electron chi connectivity index (χ3n) is 2.42. The van der Waals surface area contributed by atoms with Gasteiger partial charge in [0.2, 0.25) is 0 Å². The van der Waals surface area contributed by atoms with Gasteiger partial charge in [-0.05, 0) is 33.6 Å². The summed E-state index contributed by atoms with van der Waals surface area (Å²) in [4.78, 5) is 15.6. The van der Waals surface area contributed by atoms with Gasteiger partial charge in [0.1, 0.15) is 4.87 Å². The molecular formula is C12H21NO2S. The highest BCUT2D eigenvalue weighted by Crippen LogP contribution is 2.36. The number of unbranched alkanes of at least 4 members (excludes halogenated alkanes) is 1. The molecule has 0 spiro atoms. The standard InChI is InChI=1S/C12H21NO2S/c1-4-15-11(14)8-6-5-7-10-9-13-12(2,3)16-10/h9-10H,4-8H2,1-3H3. The molecule has 1 atom stereocenters. The summed E-state index contributed by atoms with van der Waals surface area (Å²) in [7, 11) is 0. The summed E-state index contributed by atoms with van der Waals surface area (Å²) in [5.41, 5.74) is 0. The third kappa shape index (κ3) is 5.01. The molecule has 0 bridgehead atoms. The summed E-state index contributed by atoms with van der Waals surface area (Å²) in [6.07, 6.45) is 5.69. The molecule has 0 amide bonds. The van der Waals surface area contributed by atoms with E-state index in [-0.39, 0.29) is 10.8 Å². The molecule has 0 fully saturated rings. The third-order valence-corrected chi connectivity index (χ3v) is 3.76. The number of aliphatic imine (C=N–C) groups is 1. The van der Waals surface area contributed by atoms with Gasteiger partial charge in [-0.15, -0.1) is 11.8 Å². The van der Waals surface area contributed by atoms with Gasteiger partial charge in [0.25, 0.3) is 0 Å². The van der Waals surface area contributed by atoms with Gasteiger partial charge >= 0.3 is 5.97 Å². The number of hydrogen-bond acceptors (Lipinski definition) is 4. The molecule has 0 aromatic heterocycles. The fraction of sp³-hybridized carbons (Fsp3) is 0.833. The van der Waals surface area contributed by atoms with Crippen LogP contribution in [0.25, 0.3) is 0 Å². The van der Waals surface area contributed by atoms with E-state index in [1.807, 2.05) is 18.7 Å². The predicted molar refractivity (Wildman–Crippen MR) is 69.1 cm³/mol. The molecule has 0 saturated heterocycles. The van der Waals surface area contributed by atoms with Crippen LogP contribution in [0.3, 0.4) is 0 Å². The molecule has 0 aliphatic carbocycles. The van der Waals surface area contributed by atoms with E-state index in [2.05, 4.69) is 25.1 Å². The van der Waals surface area contributed by atoms with Crippen molar-refractivity contribution in [3.63, 3.8) is 0 Å². The molecule has 0 saturated carbocycles. The zero-order chi connectivity index (χ0) is 12.0. The number of hydrogen-bond donors (Lipinski definition) is 0. The zero-order valence-electron chi connectivity index (χ0n) is 10.4. The van der Waals surface area contributed by atoms with Gasteiger partial charge in [-0.1, -0.05) is 6.42 Å². The fourth-order valence-corrected chi connectivity index (χ4v) is 2.94. The highest BCUT2D eigenvalue weighted by molar-refractivity contribution is 8.02. The van der Waals surface area contributed by atoms with Crippen molar-refractivity contribution in [3.05, 3.63) is 0 Å². The smallest absolute Gasteiger partial charge is 0.305 e. The Bertz CT molecular complexity index is 264. The summed E-state index contributed by atoms with van der Waals surface area (Å²) in [5, 5.41) is 0.525. The number of carbonyl (C=O) groups is 1. The molecule has 0 radical (unpaired) electrons. The van der Waals surface area contributed by atoms with Crippen molar-refractivity contribution in [2.24, 2.45) is 4.99 Å². The van der Waals surface area contributed by atoms with Crippen molar-refractivity contribution < 1.29 is 9.53 Å². The first-order valence-electron chi connectivity index (χ1n) is 5.92. The molecule has 16 heavy (non-hydrogen) atoms. The van der Waals surface area contributed by atoms with E-state index in [1.165, 1.54) is 0 Å². The fourth-order valence-electron chi connectivity index (χ4n) is 1.68. The Morgan fingerprint density at radius 2 is 2.25 bits per heavy atom. The first-order chi connectivity index (χ1) is 7.53. The normalized spacial score (nSPS) is 22.3. The predicted octanol–water partition coefficient (Wildman–Crippen LogP) is 3.03. The molecule has 0 N–H and O–H groups in total. The maximum absolute atomic E-state index is 11.1.